The third-order valence-electron chi connectivity index (χ3n) is 3.25. The average Bonchev–Trinajstić information content (AvgIpc) is 2.81. The van der Waals surface area contributed by atoms with E-state index in [1.54, 1.807) is 19.9 Å². The number of aromatic nitrogens is 3. The van der Waals surface area contributed by atoms with Crippen molar-refractivity contribution in [3.63, 3.8) is 0 Å². The van der Waals surface area contributed by atoms with Crippen molar-refractivity contribution in [2.45, 2.75) is 20.4 Å². The Bertz CT molecular complexity index is 901. The fraction of sp³-hybridized carbons (Fsp3) is 0.214. The summed E-state index contributed by atoms with van der Waals surface area (Å²) in [5, 5.41) is 8.59. The molecule has 2 aromatic heterocycles. The van der Waals surface area contributed by atoms with Crippen LogP contribution in [-0.2, 0) is 6.54 Å². The van der Waals surface area contributed by atoms with Crippen molar-refractivity contribution in [1.82, 2.24) is 14.9 Å². The van der Waals surface area contributed by atoms with Gasteiger partial charge in [0.15, 0.2) is 5.58 Å². The fourth-order valence-corrected chi connectivity index (χ4v) is 2.35. The number of hydrogen-bond acceptors (Lipinski definition) is 4. The van der Waals surface area contributed by atoms with E-state index in [0.717, 1.165) is 0 Å². The van der Waals surface area contributed by atoms with Crippen molar-refractivity contribution in [3.8, 4) is 0 Å². The number of nitrogens with zero attached hydrogens (tertiary/aromatic N) is 3. The molecule has 0 unspecified atom stereocenters. The molecule has 3 aromatic rings. The van der Waals surface area contributed by atoms with Crippen LogP contribution in [0.3, 0.4) is 0 Å². The normalized spacial score (nSPS) is 11.2. The predicted octanol–water partition coefficient (Wildman–Crippen LogP) is 2.84. The van der Waals surface area contributed by atoms with Gasteiger partial charge in [0.25, 0.3) is 5.56 Å². The van der Waals surface area contributed by atoms with Gasteiger partial charge < -0.3 is 4.52 Å². The number of fused-ring (bicyclic) bond motifs is 1. The molecule has 21 heavy (non-hydrogen) atoms. The molecule has 0 saturated carbocycles. The topological polar surface area (TPSA) is 60.9 Å². The minimum absolute atomic E-state index is 0.0171. The van der Waals surface area contributed by atoms with Gasteiger partial charge >= 0.3 is 0 Å². The molecule has 0 atom stereocenters. The minimum atomic E-state index is -0.476. The third-order valence-corrected chi connectivity index (χ3v) is 3.48. The summed E-state index contributed by atoms with van der Waals surface area (Å²) in [6, 6.07) is 4.31. The molecule has 0 radical (unpaired) electrons. The lowest BCUT2D eigenvalue weighted by atomic mass is 10.2. The minimum Gasteiger partial charge on any atom is -0.354 e. The lowest BCUT2D eigenvalue weighted by Crippen LogP contribution is -2.25. The molecule has 1 aromatic carbocycles. The Kier molecular flexibility index (Phi) is 3.25. The summed E-state index contributed by atoms with van der Waals surface area (Å²) in [7, 11) is 0. The second-order valence-electron chi connectivity index (χ2n) is 4.76. The summed E-state index contributed by atoms with van der Waals surface area (Å²) in [6.07, 6.45) is 0. The molecule has 0 aliphatic carbocycles. The molecule has 0 aliphatic heterocycles. The van der Waals surface area contributed by atoms with Crippen molar-refractivity contribution in [2.24, 2.45) is 0 Å². The zero-order valence-corrected chi connectivity index (χ0v) is 12.1. The van der Waals surface area contributed by atoms with Crippen LogP contribution in [0.25, 0.3) is 11.0 Å². The first-order valence-corrected chi connectivity index (χ1v) is 6.63. The zero-order chi connectivity index (χ0) is 15.1. The molecule has 0 spiro atoms. The van der Waals surface area contributed by atoms with Gasteiger partial charge in [-0.2, -0.15) is 5.10 Å². The molecule has 5 nitrogen and oxygen atoms in total. The highest BCUT2D eigenvalue weighted by Crippen LogP contribution is 2.18. The highest BCUT2D eigenvalue weighted by atomic mass is 35.5. The van der Waals surface area contributed by atoms with Crippen LogP contribution in [0, 0.1) is 19.7 Å². The second-order valence-corrected chi connectivity index (χ2v) is 5.19. The second kappa shape index (κ2) is 4.96. The Labute approximate surface area is 123 Å². The van der Waals surface area contributed by atoms with Crippen molar-refractivity contribution < 1.29 is 8.91 Å². The van der Waals surface area contributed by atoms with Crippen LogP contribution in [0.2, 0.25) is 5.02 Å². The van der Waals surface area contributed by atoms with Gasteiger partial charge in [0.1, 0.15) is 16.9 Å². The Hall–Kier alpha value is -2.21. The van der Waals surface area contributed by atoms with Crippen LogP contribution in [0.15, 0.2) is 27.5 Å². The number of benzene rings is 1. The van der Waals surface area contributed by atoms with Gasteiger partial charge in [-0.05, 0) is 26.0 Å². The van der Waals surface area contributed by atoms with Crippen LogP contribution in [0.4, 0.5) is 4.39 Å². The van der Waals surface area contributed by atoms with Crippen molar-refractivity contribution >= 4 is 22.6 Å². The van der Waals surface area contributed by atoms with E-state index in [0.29, 0.717) is 32.9 Å². The number of rotatable bonds is 2. The Balaban J connectivity index is 2.15. The zero-order valence-electron chi connectivity index (χ0n) is 11.4. The Morgan fingerprint density at radius 1 is 1.33 bits per heavy atom. The van der Waals surface area contributed by atoms with Gasteiger partial charge in [0, 0.05) is 10.6 Å². The van der Waals surface area contributed by atoms with Crippen molar-refractivity contribution in [1.29, 1.82) is 0 Å². The lowest BCUT2D eigenvalue weighted by molar-refractivity contribution is 0.446. The highest BCUT2D eigenvalue weighted by molar-refractivity contribution is 6.30. The number of halogens is 2. The van der Waals surface area contributed by atoms with Crippen molar-refractivity contribution in [3.05, 3.63) is 56.3 Å². The summed E-state index contributed by atoms with van der Waals surface area (Å²) in [5.41, 5.74) is 1.36. The van der Waals surface area contributed by atoms with Crippen LogP contribution in [0.5, 0.6) is 0 Å². The molecule has 0 aliphatic rings. The molecule has 7 heteroatoms. The predicted molar refractivity (Wildman–Crippen MR) is 76.1 cm³/mol. The molecule has 0 amide bonds. The third kappa shape index (κ3) is 2.31. The summed E-state index contributed by atoms with van der Waals surface area (Å²) in [6.45, 7) is 3.41. The molecule has 2 heterocycles. The van der Waals surface area contributed by atoms with Gasteiger partial charge in [-0.25, -0.2) is 9.07 Å². The molecule has 0 fully saturated rings. The fourth-order valence-electron chi connectivity index (χ4n) is 2.19. The van der Waals surface area contributed by atoms with E-state index in [1.165, 1.54) is 16.8 Å². The maximum Gasteiger partial charge on any atom is 0.280 e. The van der Waals surface area contributed by atoms with E-state index < -0.39 is 5.82 Å². The van der Waals surface area contributed by atoms with Crippen LogP contribution >= 0.6 is 11.6 Å². The molecule has 0 bridgehead atoms. The van der Waals surface area contributed by atoms with Gasteiger partial charge in [0.2, 0.25) is 0 Å². The van der Waals surface area contributed by atoms with E-state index in [1.807, 2.05) is 0 Å². The van der Waals surface area contributed by atoms with Gasteiger partial charge in [-0.15, -0.1) is 0 Å². The smallest absolute Gasteiger partial charge is 0.280 e. The first-order chi connectivity index (χ1) is 9.97. The number of aryl methyl sites for hydroxylation is 2. The quantitative estimate of drug-likeness (QED) is 0.730. The van der Waals surface area contributed by atoms with Gasteiger partial charge in [0.05, 0.1) is 12.2 Å². The molecule has 108 valence electrons. The number of hydrogen-bond donors (Lipinski definition) is 0. The maximum atomic E-state index is 13.8. The summed E-state index contributed by atoms with van der Waals surface area (Å²) < 4.78 is 20.1. The Morgan fingerprint density at radius 2 is 2.10 bits per heavy atom. The molecule has 0 N–H and O–H groups in total. The van der Waals surface area contributed by atoms with E-state index in [2.05, 4.69) is 10.3 Å². The van der Waals surface area contributed by atoms with E-state index in [4.69, 9.17) is 16.1 Å². The van der Waals surface area contributed by atoms with E-state index in [9.17, 15) is 9.18 Å². The van der Waals surface area contributed by atoms with Crippen molar-refractivity contribution in [2.75, 3.05) is 0 Å². The highest BCUT2D eigenvalue weighted by Gasteiger charge is 2.16. The first kappa shape index (κ1) is 13.8. The van der Waals surface area contributed by atoms with Gasteiger partial charge in [-0.1, -0.05) is 22.8 Å². The van der Waals surface area contributed by atoms with E-state index in [-0.39, 0.29) is 12.1 Å². The molecular formula is C14H11ClFN3O2. The summed E-state index contributed by atoms with van der Waals surface area (Å²) >= 11 is 5.72. The summed E-state index contributed by atoms with van der Waals surface area (Å²) in [4.78, 5) is 12.4. The maximum absolute atomic E-state index is 13.8. The van der Waals surface area contributed by atoms with Crippen LogP contribution < -0.4 is 5.56 Å². The van der Waals surface area contributed by atoms with E-state index >= 15 is 0 Å². The largest absolute Gasteiger partial charge is 0.354 e. The molecular weight excluding hydrogens is 297 g/mol. The standard InChI is InChI=1S/C14H11ClFN3O2/c1-7-12-13(21-18-7)8(2)17-19(14(12)20)6-9-3-4-10(15)5-11(9)16/h3-5H,6H2,1-2H3. The van der Waals surface area contributed by atoms with Gasteiger partial charge in [-0.3, -0.25) is 4.79 Å². The summed E-state index contributed by atoms with van der Waals surface area (Å²) in [5.74, 6) is -0.476. The lowest BCUT2D eigenvalue weighted by Gasteiger charge is -2.07. The molecule has 0 saturated heterocycles. The van der Waals surface area contributed by atoms with Crippen LogP contribution in [0.1, 0.15) is 17.0 Å². The van der Waals surface area contributed by atoms with Crippen LogP contribution in [-0.4, -0.2) is 14.9 Å². The SMILES string of the molecule is Cc1nn(Cc2ccc(Cl)cc2F)c(=O)c2c(C)noc12. The Morgan fingerprint density at radius 3 is 2.81 bits per heavy atom. The average molecular weight is 308 g/mol. The molecule has 3 rings (SSSR count). The first-order valence-electron chi connectivity index (χ1n) is 6.25. The monoisotopic (exact) mass is 307 g/mol.